The zero-order valence-electron chi connectivity index (χ0n) is 14.7. The van der Waals surface area contributed by atoms with Crippen LogP contribution in [0.5, 0.6) is 0 Å². The van der Waals surface area contributed by atoms with Crippen LogP contribution in [0.2, 0.25) is 0 Å². The number of benzene rings is 1. The van der Waals surface area contributed by atoms with Crippen molar-refractivity contribution in [3.63, 3.8) is 0 Å². The Morgan fingerprint density at radius 1 is 1.31 bits per heavy atom. The molecule has 0 bridgehead atoms. The van der Waals surface area contributed by atoms with E-state index >= 15 is 0 Å². The van der Waals surface area contributed by atoms with Crippen LogP contribution in [0.3, 0.4) is 0 Å². The molecule has 1 aromatic carbocycles. The molecule has 1 heterocycles. The number of allylic oxidation sites excluding steroid dienone is 1. The maximum Gasteiger partial charge on any atom is 0.278 e. The number of hydrogen-bond acceptors (Lipinski definition) is 4. The molecule has 4 N–H and O–H groups in total. The molecule has 7 heteroatoms. The van der Waals surface area contributed by atoms with Gasteiger partial charge in [-0.15, -0.1) is 0 Å². The molecule has 1 aliphatic carbocycles. The molecule has 1 aromatic rings. The number of halogens is 2. The van der Waals surface area contributed by atoms with Crippen LogP contribution < -0.4 is 16.0 Å². The predicted molar refractivity (Wildman–Crippen MR) is 97.2 cm³/mol. The Bertz CT molecular complexity index is 797. The summed E-state index contributed by atoms with van der Waals surface area (Å²) in [6.45, 7) is 3.91. The molecule has 0 radical (unpaired) electrons. The Balaban J connectivity index is 1.85. The van der Waals surface area contributed by atoms with Gasteiger partial charge in [-0.1, -0.05) is 6.07 Å². The highest BCUT2D eigenvalue weighted by Crippen LogP contribution is 2.35. The van der Waals surface area contributed by atoms with Crippen LogP contribution in [0.15, 0.2) is 41.4 Å². The maximum absolute atomic E-state index is 13.2. The summed E-state index contributed by atoms with van der Waals surface area (Å²) >= 11 is 0. The van der Waals surface area contributed by atoms with Crippen LogP contribution >= 0.6 is 0 Å². The molecule has 1 saturated carbocycles. The molecule has 26 heavy (non-hydrogen) atoms. The van der Waals surface area contributed by atoms with Crippen LogP contribution in [0, 0.1) is 25.2 Å². The fraction of sp³-hybridized carbons (Fsp3) is 0.368. The number of anilines is 1. The Hall–Kier alpha value is -2.70. The minimum absolute atomic E-state index is 0.0138. The van der Waals surface area contributed by atoms with Crippen LogP contribution in [0.1, 0.15) is 24.0 Å². The molecular weight excluding hydrogens is 338 g/mol. The summed E-state index contributed by atoms with van der Waals surface area (Å²) in [6.07, 6.45) is 1.63. The quantitative estimate of drug-likeness (QED) is 0.481. The normalized spacial score (nSPS) is 21.4. The Kier molecular flexibility index (Phi) is 5.06. The number of carbonyl (C=O) groups excluding carboxylic acids is 1. The topological polar surface area (TPSA) is 77.0 Å². The van der Waals surface area contributed by atoms with Crippen molar-refractivity contribution in [3.05, 3.63) is 52.5 Å². The van der Waals surface area contributed by atoms with Crippen LogP contribution in [-0.2, 0) is 4.79 Å². The molecule has 3 rings (SSSR count). The first-order chi connectivity index (χ1) is 12.4. The molecule has 1 atom stereocenters. The lowest BCUT2D eigenvalue weighted by Crippen LogP contribution is -2.44. The average molecular weight is 360 g/mol. The molecule has 0 spiro atoms. The summed E-state index contributed by atoms with van der Waals surface area (Å²) < 4.78 is 26.4. The van der Waals surface area contributed by atoms with E-state index < -0.39 is 12.3 Å². The first-order valence-corrected chi connectivity index (χ1v) is 8.56. The summed E-state index contributed by atoms with van der Waals surface area (Å²) in [7, 11) is 0. The zero-order chi connectivity index (χ0) is 18.8. The lowest BCUT2D eigenvalue weighted by Gasteiger charge is -2.28. The van der Waals surface area contributed by atoms with Gasteiger partial charge in [0.25, 0.3) is 12.3 Å². The second kappa shape index (κ2) is 7.27. The van der Waals surface area contributed by atoms with Crippen molar-refractivity contribution in [2.24, 2.45) is 5.92 Å². The van der Waals surface area contributed by atoms with E-state index in [1.165, 1.54) is 6.08 Å². The highest BCUT2D eigenvalue weighted by atomic mass is 19.3. The largest absolute Gasteiger partial charge is 0.364 e. The van der Waals surface area contributed by atoms with Crippen molar-refractivity contribution in [1.29, 1.82) is 5.41 Å². The molecule has 2 aliphatic rings. The van der Waals surface area contributed by atoms with Gasteiger partial charge in [-0.2, -0.15) is 0 Å². The molecule has 138 valence electrons. The third kappa shape index (κ3) is 3.92. The van der Waals surface area contributed by atoms with E-state index in [1.807, 2.05) is 26.0 Å². The molecule has 1 amide bonds. The van der Waals surface area contributed by atoms with Gasteiger partial charge in [0.1, 0.15) is 5.82 Å². The van der Waals surface area contributed by atoms with Gasteiger partial charge in [0.2, 0.25) is 0 Å². The molecular formula is C19H22F2N4O. The van der Waals surface area contributed by atoms with Crippen LogP contribution in [0.25, 0.3) is 0 Å². The van der Waals surface area contributed by atoms with E-state index in [0.717, 1.165) is 30.2 Å². The average Bonchev–Trinajstić information content (AvgIpc) is 3.43. The minimum Gasteiger partial charge on any atom is -0.364 e. The first-order valence-electron chi connectivity index (χ1n) is 8.56. The van der Waals surface area contributed by atoms with E-state index in [-0.39, 0.29) is 29.1 Å². The third-order valence-corrected chi connectivity index (χ3v) is 4.73. The van der Waals surface area contributed by atoms with Crippen LogP contribution in [-0.4, -0.2) is 24.6 Å². The predicted octanol–water partition coefficient (Wildman–Crippen LogP) is 3.22. The molecule has 1 unspecified atom stereocenters. The van der Waals surface area contributed by atoms with E-state index in [0.29, 0.717) is 5.69 Å². The van der Waals surface area contributed by atoms with E-state index in [9.17, 15) is 13.6 Å². The van der Waals surface area contributed by atoms with Gasteiger partial charge in [0, 0.05) is 11.9 Å². The second-order valence-corrected chi connectivity index (χ2v) is 6.74. The second-order valence-electron chi connectivity index (χ2n) is 6.74. The Morgan fingerprint density at radius 3 is 2.62 bits per heavy atom. The lowest BCUT2D eigenvalue weighted by molar-refractivity contribution is -0.112. The van der Waals surface area contributed by atoms with Crippen molar-refractivity contribution >= 4 is 17.8 Å². The van der Waals surface area contributed by atoms with Crippen molar-refractivity contribution < 1.29 is 13.6 Å². The lowest BCUT2D eigenvalue weighted by atomic mass is 10.1. The van der Waals surface area contributed by atoms with Crippen molar-refractivity contribution in [2.75, 3.05) is 5.32 Å². The summed E-state index contributed by atoms with van der Waals surface area (Å²) in [5.74, 6) is -0.0880. The highest BCUT2D eigenvalue weighted by Gasteiger charge is 2.35. The van der Waals surface area contributed by atoms with E-state index in [4.69, 9.17) is 5.41 Å². The standard InChI is InChI=1S/C19H22F2N4O/c1-10-3-6-13(7-11(10)2)23-19(26)14(9-22)18-24-15(12-4-5-12)8-16(25-18)17(20)21/h3,6-9,12,15,17,22,24-25H,4-5H2,1-2H3,(H,23,26)/b18-14+,22-9?. The van der Waals surface area contributed by atoms with Gasteiger partial charge in [-0.3, -0.25) is 4.79 Å². The van der Waals surface area contributed by atoms with Crippen molar-refractivity contribution in [2.45, 2.75) is 39.2 Å². The van der Waals surface area contributed by atoms with Gasteiger partial charge in [0.15, 0.2) is 0 Å². The number of alkyl halides is 2. The third-order valence-electron chi connectivity index (χ3n) is 4.73. The SMILES string of the molecule is Cc1ccc(NC(=O)/C(C=N)=C2/NC(C(F)F)=CC(C3CC3)N2)cc1C. The number of rotatable bonds is 5. The number of aryl methyl sites for hydroxylation is 2. The Morgan fingerprint density at radius 2 is 2.04 bits per heavy atom. The van der Waals surface area contributed by atoms with Crippen molar-refractivity contribution in [1.82, 2.24) is 10.6 Å². The van der Waals surface area contributed by atoms with E-state index in [2.05, 4.69) is 16.0 Å². The summed E-state index contributed by atoms with van der Waals surface area (Å²) in [4.78, 5) is 12.6. The zero-order valence-corrected chi connectivity index (χ0v) is 14.7. The minimum atomic E-state index is -2.66. The molecule has 0 saturated heterocycles. The maximum atomic E-state index is 13.2. The molecule has 1 aliphatic heterocycles. The first kappa shape index (κ1) is 18.1. The Labute approximate surface area is 151 Å². The summed E-state index contributed by atoms with van der Waals surface area (Å²) in [5, 5.41) is 16.0. The van der Waals surface area contributed by atoms with E-state index in [1.54, 1.807) is 6.07 Å². The number of hydrogen-bond donors (Lipinski definition) is 4. The van der Waals surface area contributed by atoms with Gasteiger partial charge >= 0.3 is 0 Å². The summed E-state index contributed by atoms with van der Waals surface area (Å²) in [6, 6.07) is 5.24. The highest BCUT2D eigenvalue weighted by molar-refractivity contribution is 6.17. The number of carbonyl (C=O) groups is 1. The van der Waals surface area contributed by atoms with Gasteiger partial charge in [0.05, 0.1) is 17.3 Å². The fourth-order valence-electron chi connectivity index (χ4n) is 2.87. The molecule has 1 fully saturated rings. The van der Waals surface area contributed by atoms with Crippen LogP contribution in [0.4, 0.5) is 14.5 Å². The number of amides is 1. The monoisotopic (exact) mass is 360 g/mol. The molecule has 5 nitrogen and oxygen atoms in total. The van der Waals surface area contributed by atoms with Gasteiger partial charge in [-0.05, 0) is 61.9 Å². The van der Waals surface area contributed by atoms with Gasteiger partial charge < -0.3 is 21.4 Å². The van der Waals surface area contributed by atoms with Crippen molar-refractivity contribution in [3.8, 4) is 0 Å². The fourth-order valence-corrected chi connectivity index (χ4v) is 2.87. The smallest absolute Gasteiger partial charge is 0.278 e. The summed E-state index contributed by atoms with van der Waals surface area (Å²) in [5.41, 5.74) is 2.48. The van der Waals surface area contributed by atoms with Gasteiger partial charge in [-0.25, -0.2) is 8.78 Å². The number of nitrogens with one attached hydrogen (secondary N) is 4. The molecule has 0 aromatic heterocycles.